The first-order valence-corrected chi connectivity index (χ1v) is 7.07. The van der Waals surface area contributed by atoms with Crippen molar-refractivity contribution in [1.29, 1.82) is 0 Å². The number of ketones is 1. The molecule has 2 rings (SSSR count). The Morgan fingerprint density at radius 1 is 1.39 bits per heavy atom. The summed E-state index contributed by atoms with van der Waals surface area (Å²) in [6.45, 7) is 1.53. The molecule has 0 bridgehead atoms. The Morgan fingerprint density at radius 2 is 2.09 bits per heavy atom. The van der Waals surface area contributed by atoms with E-state index in [1.807, 2.05) is 0 Å². The standard InChI is InChI=1S/C15H14ClF3N2O2/c1-9-6-11(10(2)21(9)8-15(17,18)19)12(22)7-23-13-4-3-5-20-14(13)16/h3-6H,7-8H2,1-2H3. The molecule has 0 aliphatic rings. The molecule has 23 heavy (non-hydrogen) atoms. The summed E-state index contributed by atoms with van der Waals surface area (Å²) in [6, 6.07) is 4.58. The third-order valence-electron chi connectivity index (χ3n) is 3.30. The quantitative estimate of drug-likeness (QED) is 0.607. The lowest BCUT2D eigenvalue weighted by Gasteiger charge is -2.12. The number of Topliss-reactive ketones (excluding diaryl/α,β-unsaturated/α-hetero) is 1. The van der Waals surface area contributed by atoms with Gasteiger partial charge in [-0.05, 0) is 32.0 Å². The molecule has 2 heterocycles. The summed E-state index contributed by atoms with van der Waals surface area (Å²) in [5, 5.41) is 0.114. The van der Waals surface area contributed by atoms with Crippen LogP contribution in [0.2, 0.25) is 5.15 Å². The molecule has 0 fully saturated rings. The average molecular weight is 347 g/mol. The van der Waals surface area contributed by atoms with Crippen LogP contribution in [0.4, 0.5) is 13.2 Å². The van der Waals surface area contributed by atoms with Gasteiger partial charge in [0.2, 0.25) is 5.78 Å². The van der Waals surface area contributed by atoms with Gasteiger partial charge in [0.15, 0.2) is 17.5 Å². The molecule has 0 spiro atoms. The van der Waals surface area contributed by atoms with Gasteiger partial charge in [0.1, 0.15) is 6.54 Å². The van der Waals surface area contributed by atoms with Crippen molar-refractivity contribution in [3.8, 4) is 5.75 Å². The minimum Gasteiger partial charge on any atom is -0.482 e. The van der Waals surface area contributed by atoms with E-state index in [2.05, 4.69) is 4.98 Å². The van der Waals surface area contributed by atoms with Crippen molar-refractivity contribution >= 4 is 17.4 Å². The van der Waals surface area contributed by atoms with Gasteiger partial charge in [-0.2, -0.15) is 13.2 Å². The summed E-state index contributed by atoms with van der Waals surface area (Å²) in [5.41, 5.74) is 0.819. The number of pyridine rings is 1. The van der Waals surface area contributed by atoms with Crippen molar-refractivity contribution in [2.24, 2.45) is 0 Å². The molecule has 0 aromatic carbocycles. The predicted molar refractivity (Wildman–Crippen MR) is 79.0 cm³/mol. The molecule has 0 saturated carbocycles. The fraction of sp³-hybridized carbons (Fsp3) is 0.333. The number of carbonyl (C=O) groups is 1. The highest BCUT2D eigenvalue weighted by molar-refractivity contribution is 6.30. The number of halogens is 4. The van der Waals surface area contributed by atoms with Crippen LogP contribution in [-0.2, 0) is 6.54 Å². The monoisotopic (exact) mass is 346 g/mol. The van der Waals surface area contributed by atoms with Crippen molar-refractivity contribution in [2.75, 3.05) is 6.61 Å². The highest BCUT2D eigenvalue weighted by Crippen LogP contribution is 2.24. The first kappa shape index (κ1) is 17.3. The summed E-state index contributed by atoms with van der Waals surface area (Å²) in [7, 11) is 0. The van der Waals surface area contributed by atoms with Gasteiger partial charge in [0.05, 0.1) is 0 Å². The Morgan fingerprint density at radius 3 is 2.70 bits per heavy atom. The Labute approximate surface area is 135 Å². The van der Waals surface area contributed by atoms with Crippen molar-refractivity contribution in [2.45, 2.75) is 26.6 Å². The predicted octanol–water partition coefficient (Wildman–Crippen LogP) is 3.98. The third kappa shape index (κ3) is 4.25. The van der Waals surface area contributed by atoms with Gasteiger partial charge in [0.25, 0.3) is 0 Å². The van der Waals surface area contributed by atoms with Gasteiger partial charge in [-0.25, -0.2) is 4.98 Å². The largest absolute Gasteiger partial charge is 0.482 e. The zero-order chi connectivity index (χ0) is 17.2. The lowest BCUT2D eigenvalue weighted by atomic mass is 10.1. The normalized spacial score (nSPS) is 11.6. The Balaban J connectivity index is 2.14. The van der Waals surface area contributed by atoms with Crippen LogP contribution >= 0.6 is 11.6 Å². The van der Waals surface area contributed by atoms with Gasteiger partial charge < -0.3 is 9.30 Å². The zero-order valence-corrected chi connectivity index (χ0v) is 13.2. The molecular formula is C15H14ClF3N2O2. The molecule has 4 nitrogen and oxygen atoms in total. The number of aryl methyl sites for hydroxylation is 1. The van der Waals surface area contributed by atoms with E-state index >= 15 is 0 Å². The summed E-state index contributed by atoms with van der Waals surface area (Å²) < 4.78 is 44.1. The molecular weight excluding hydrogens is 333 g/mol. The first-order valence-electron chi connectivity index (χ1n) is 6.69. The third-order valence-corrected chi connectivity index (χ3v) is 3.58. The number of carbonyl (C=O) groups excluding carboxylic acids is 1. The number of nitrogens with zero attached hydrogens (tertiary/aromatic N) is 2. The fourth-order valence-corrected chi connectivity index (χ4v) is 2.38. The van der Waals surface area contributed by atoms with Crippen LogP contribution in [-0.4, -0.2) is 28.1 Å². The lowest BCUT2D eigenvalue weighted by Crippen LogP contribution is -2.20. The van der Waals surface area contributed by atoms with Crippen LogP contribution in [0.25, 0.3) is 0 Å². The molecule has 0 atom stereocenters. The average Bonchev–Trinajstić information content (AvgIpc) is 2.73. The maximum atomic E-state index is 12.6. The first-order chi connectivity index (χ1) is 10.7. The summed E-state index contributed by atoms with van der Waals surface area (Å²) >= 11 is 5.81. The van der Waals surface area contributed by atoms with Crippen LogP contribution < -0.4 is 4.74 Å². The minimum absolute atomic E-state index is 0.114. The molecule has 0 radical (unpaired) electrons. The molecule has 8 heteroatoms. The van der Waals surface area contributed by atoms with E-state index in [1.165, 1.54) is 26.1 Å². The fourth-order valence-electron chi connectivity index (χ4n) is 2.21. The van der Waals surface area contributed by atoms with E-state index in [9.17, 15) is 18.0 Å². The number of hydrogen-bond donors (Lipinski definition) is 0. The lowest BCUT2D eigenvalue weighted by molar-refractivity contribution is -0.141. The van der Waals surface area contributed by atoms with Crippen LogP contribution in [0.3, 0.4) is 0 Å². The molecule has 0 unspecified atom stereocenters. The molecule has 0 amide bonds. The maximum absolute atomic E-state index is 12.6. The maximum Gasteiger partial charge on any atom is 0.406 e. The number of ether oxygens (including phenoxy) is 1. The molecule has 0 aliphatic heterocycles. The summed E-state index contributed by atoms with van der Waals surface area (Å²) in [6.07, 6.45) is -2.88. The minimum atomic E-state index is -4.35. The molecule has 0 aliphatic carbocycles. The molecule has 2 aromatic rings. The second-order valence-corrected chi connectivity index (χ2v) is 5.35. The van der Waals surface area contributed by atoms with Crippen LogP contribution in [0.1, 0.15) is 21.7 Å². The van der Waals surface area contributed by atoms with E-state index in [0.29, 0.717) is 5.69 Å². The SMILES string of the molecule is Cc1cc(C(=O)COc2cccnc2Cl)c(C)n1CC(F)(F)F. The van der Waals surface area contributed by atoms with Crippen molar-refractivity contribution in [3.05, 3.63) is 46.5 Å². The van der Waals surface area contributed by atoms with Gasteiger partial charge >= 0.3 is 6.18 Å². The second-order valence-electron chi connectivity index (χ2n) is 4.99. The number of alkyl halides is 3. The highest BCUT2D eigenvalue weighted by Gasteiger charge is 2.30. The van der Waals surface area contributed by atoms with E-state index in [-0.39, 0.29) is 28.8 Å². The topological polar surface area (TPSA) is 44.1 Å². The van der Waals surface area contributed by atoms with Crippen molar-refractivity contribution < 1.29 is 22.7 Å². The van der Waals surface area contributed by atoms with Crippen molar-refractivity contribution in [3.63, 3.8) is 0 Å². The zero-order valence-electron chi connectivity index (χ0n) is 12.4. The van der Waals surface area contributed by atoms with Crippen molar-refractivity contribution in [1.82, 2.24) is 9.55 Å². The Bertz CT molecular complexity index is 726. The Hall–Kier alpha value is -2.02. The van der Waals surface area contributed by atoms with E-state index in [0.717, 1.165) is 4.57 Å². The van der Waals surface area contributed by atoms with E-state index < -0.39 is 18.5 Å². The summed E-state index contributed by atoms with van der Waals surface area (Å²) in [5.74, 6) is -0.182. The summed E-state index contributed by atoms with van der Waals surface area (Å²) in [4.78, 5) is 16.0. The molecule has 0 saturated heterocycles. The molecule has 0 N–H and O–H groups in total. The van der Waals surface area contributed by atoms with Gasteiger partial charge in [0, 0.05) is 23.1 Å². The van der Waals surface area contributed by atoms with Gasteiger partial charge in [-0.3, -0.25) is 4.79 Å². The van der Waals surface area contributed by atoms with E-state index in [1.54, 1.807) is 12.1 Å². The van der Waals surface area contributed by atoms with Crippen LogP contribution in [0, 0.1) is 13.8 Å². The Kier molecular flexibility index (Phi) is 4.99. The highest BCUT2D eigenvalue weighted by atomic mass is 35.5. The smallest absolute Gasteiger partial charge is 0.406 e. The van der Waals surface area contributed by atoms with Gasteiger partial charge in [-0.15, -0.1) is 0 Å². The number of rotatable bonds is 5. The van der Waals surface area contributed by atoms with Gasteiger partial charge in [-0.1, -0.05) is 11.6 Å². The molecule has 2 aromatic heterocycles. The number of hydrogen-bond acceptors (Lipinski definition) is 3. The molecule has 124 valence electrons. The van der Waals surface area contributed by atoms with Crippen LogP contribution in [0.15, 0.2) is 24.4 Å². The van der Waals surface area contributed by atoms with Crippen LogP contribution in [0.5, 0.6) is 5.75 Å². The number of aromatic nitrogens is 2. The second kappa shape index (κ2) is 6.62. The van der Waals surface area contributed by atoms with E-state index in [4.69, 9.17) is 16.3 Å².